The van der Waals surface area contributed by atoms with Gasteiger partial charge in [-0.25, -0.2) is 9.36 Å². The SMILES string of the molecule is CC#Cc1cc(Cl)c(-c2c(O)n3n(c2=O)CCN(OC)CC3)c(Cl)c1. The Balaban J connectivity index is 2.15. The molecule has 1 aliphatic rings. The summed E-state index contributed by atoms with van der Waals surface area (Å²) in [6.07, 6.45) is 0. The highest BCUT2D eigenvalue weighted by molar-refractivity contribution is 6.39. The Morgan fingerprint density at radius 3 is 2.24 bits per heavy atom. The highest BCUT2D eigenvalue weighted by atomic mass is 35.5. The van der Waals surface area contributed by atoms with E-state index in [9.17, 15) is 9.90 Å². The summed E-state index contributed by atoms with van der Waals surface area (Å²) < 4.78 is 3.01. The largest absolute Gasteiger partial charge is 0.493 e. The van der Waals surface area contributed by atoms with Crippen molar-refractivity contribution in [2.45, 2.75) is 20.0 Å². The lowest BCUT2D eigenvalue weighted by molar-refractivity contribution is -0.130. The van der Waals surface area contributed by atoms with E-state index in [0.717, 1.165) is 0 Å². The summed E-state index contributed by atoms with van der Waals surface area (Å²) in [7, 11) is 1.58. The zero-order valence-corrected chi connectivity index (χ0v) is 15.4. The normalized spacial score (nSPS) is 14.6. The van der Waals surface area contributed by atoms with Gasteiger partial charge in [0.1, 0.15) is 5.56 Å². The number of rotatable bonds is 2. The third-order valence-electron chi connectivity index (χ3n) is 4.15. The van der Waals surface area contributed by atoms with Gasteiger partial charge in [0.15, 0.2) is 0 Å². The number of aromatic nitrogens is 2. The van der Waals surface area contributed by atoms with Gasteiger partial charge in [-0.3, -0.25) is 4.79 Å². The number of hydrogen-bond acceptors (Lipinski definition) is 4. The van der Waals surface area contributed by atoms with Crippen LogP contribution in [0.1, 0.15) is 12.5 Å². The molecule has 0 fully saturated rings. The maximum atomic E-state index is 12.9. The quantitative estimate of drug-likeness (QED) is 0.812. The van der Waals surface area contributed by atoms with Crippen molar-refractivity contribution in [2.24, 2.45) is 0 Å². The number of hydroxylamine groups is 2. The van der Waals surface area contributed by atoms with Crippen molar-refractivity contribution in [2.75, 3.05) is 20.2 Å². The molecule has 1 aromatic carbocycles. The summed E-state index contributed by atoms with van der Waals surface area (Å²) >= 11 is 12.7. The Hall–Kier alpha value is -1.91. The molecule has 0 saturated heterocycles. The molecule has 0 amide bonds. The predicted octanol–water partition coefficient (Wildman–Crippen LogP) is 2.58. The molecular formula is C17H17Cl2N3O3. The second kappa shape index (κ2) is 7.14. The van der Waals surface area contributed by atoms with Gasteiger partial charge in [-0.1, -0.05) is 29.1 Å². The van der Waals surface area contributed by atoms with Gasteiger partial charge >= 0.3 is 0 Å². The van der Waals surface area contributed by atoms with E-state index < -0.39 is 0 Å². The number of fused-ring (bicyclic) bond motifs is 1. The Morgan fingerprint density at radius 1 is 1.08 bits per heavy atom. The van der Waals surface area contributed by atoms with Gasteiger partial charge in [0.25, 0.3) is 5.56 Å². The molecule has 0 saturated carbocycles. The zero-order valence-electron chi connectivity index (χ0n) is 13.8. The van der Waals surface area contributed by atoms with E-state index in [1.54, 1.807) is 31.2 Å². The molecule has 1 aromatic heterocycles. The number of hydrogen-bond donors (Lipinski definition) is 1. The summed E-state index contributed by atoms with van der Waals surface area (Å²) in [6, 6.07) is 3.27. The molecule has 8 heteroatoms. The maximum Gasteiger partial charge on any atom is 0.278 e. The minimum atomic E-state index is -0.339. The van der Waals surface area contributed by atoms with Gasteiger partial charge in [0.2, 0.25) is 5.88 Å². The Bertz CT molecular complexity index is 914. The molecule has 1 aliphatic heterocycles. The second-order valence-electron chi connectivity index (χ2n) is 5.55. The lowest BCUT2D eigenvalue weighted by Crippen LogP contribution is -2.27. The average Bonchev–Trinajstić information content (AvgIpc) is 2.73. The Kier molecular flexibility index (Phi) is 5.11. The predicted molar refractivity (Wildman–Crippen MR) is 96.9 cm³/mol. The van der Waals surface area contributed by atoms with E-state index in [1.165, 1.54) is 9.36 Å². The number of benzene rings is 1. The zero-order chi connectivity index (χ0) is 18.1. The molecule has 2 aromatic rings. The van der Waals surface area contributed by atoms with Crippen LogP contribution in [0.5, 0.6) is 5.88 Å². The fraction of sp³-hybridized carbons (Fsp3) is 0.353. The molecular weight excluding hydrogens is 365 g/mol. The van der Waals surface area contributed by atoms with Crippen LogP contribution in [-0.2, 0) is 17.9 Å². The molecule has 0 bridgehead atoms. The second-order valence-corrected chi connectivity index (χ2v) is 6.37. The molecule has 0 unspecified atom stereocenters. The van der Waals surface area contributed by atoms with Crippen molar-refractivity contribution in [3.63, 3.8) is 0 Å². The minimum absolute atomic E-state index is 0.108. The van der Waals surface area contributed by atoms with Gasteiger partial charge < -0.3 is 9.94 Å². The summed E-state index contributed by atoms with van der Waals surface area (Å²) in [5.41, 5.74) is 0.743. The molecule has 1 N–H and O–H groups in total. The fourth-order valence-electron chi connectivity index (χ4n) is 2.98. The summed E-state index contributed by atoms with van der Waals surface area (Å²) in [4.78, 5) is 18.1. The summed E-state index contributed by atoms with van der Waals surface area (Å²) in [5.74, 6) is 5.50. The van der Waals surface area contributed by atoms with Crippen LogP contribution in [0, 0.1) is 11.8 Å². The molecule has 132 valence electrons. The molecule has 3 rings (SSSR count). The van der Waals surface area contributed by atoms with E-state index >= 15 is 0 Å². The molecule has 0 spiro atoms. The van der Waals surface area contributed by atoms with E-state index in [2.05, 4.69) is 11.8 Å². The highest BCUT2D eigenvalue weighted by Gasteiger charge is 2.27. The third kappa shape index (κ3) is 3.16. The van der Waals surface area contributed by atoms with Crippen LogP contribution in [0.15, 0.2) is 16.9 Å². The van der Waals surface area contributed by atoms with Gasteiger partial charge in [0.05, 0.1) is 30.2 Å². The van der Waals surface area contributed by atoms with Gasteiger partial charge in [0, 0.05) is 24.2 Å². The number of halogens is 2. The molecule has 2 heterocycles. The van der Waals surface area contributed by atoms with Crippen LogP contribution in [0.2, 0.25) is 10.0 Å². The van der Waals surface area contributed by atoms with Crippen molar-refractivity contribution in [3.8, 4) is 28.8 Å². The smallest absolute Gasteiger partial charge is 0.278 e. The first-order valence-electron chi connectivity index (χ1n) is 7.71. The van der Waals surface area contributed by atoms with Crippen molar-refractivity contribution in [3.05, 3.63) is 38.1 Å². The van der Waals surface area contributed by atoms with Gasteiger partial charge in [-0.05, 0) is 19.1 Å². The lowest BCUT2D eigenvalue weighted by Gasteiger charge is -2.15. The molecule has 0 atom stereocenters. The van der Waals surface area contributed by atoms with Crippen LogP contribution >= 0.6 is 23.2 Å². The monoisotopic (exact) mass is 381 g/mol. The van der Waals surface area contributed by atoms with E-state index in [1.807, 2.05) is 0 Å². The van der Waals surface area contributed by atoms with Crippen molar-refractivity contribution in [1.82, 2.24) is 14.4 Å². The van der Waals surface area contributed by atoms with Crippen molar-refractivity contribution in [1.29, 1.82) is 0 Å². The van der Waals surface area contributed by atoms with Crippen LogP contribution in [0.25, 0.3) is 11.1 Å². The van der Waals surface area contributed by atoms with Gasteiger partial charge in [-0.15, -0.1) is 5.92 Å². The lowest BCUT2D eigenvalue weighted by atomic mass is 10.1. The third-order valence-corrected chi connectivity index (χ3v) is 4.75. The number of aromatic hydroxyl groups is 1. The van der Waals surface area contributed by atoms with Crippen molar-refractivity contribution >= 4 is 23.2 Å². The highest BCUT2D eigenvalue weighted by Crippen LogP contribution is 2.38. The average molecular weight is 382 g/mol. The van der Waals surface area contributed by atoms with E-state index in [0.29, 0.717) is 37.3 Å². The maximum absolute atomic E-state index is 12.9. The first-order valence-corrected chi connectivity index (χ1v) is 8.47. The van der Waals surface area contributed by atoms with Crippen LogP contribution in [0.3, 0.4) is 0 Å². The molecule has 25 heavy (non-hydrogen) atoms. The topological polar surface area (TPSA) is 59.6 Å². The first kappa shape index (κ1) is 17.9. The van der Waals surface area contributed by atoms with Crippen LogP contribution in [0.4, 0.5) is 0 Å². The number of nitrogens with zero attached hydrogens (tertiary/aromatic N) is 3. The molecule has 0 radical (unpaired) electrons. The standard InChI is InChI=1S/C17H17Cl2N3O3/c1-3-4-11-9-12(18)14(13(19)10-11)15-16(23)21-7-5-20(25-2)6-8-22(21)17(15)24/h9-10,23H,5-8H2,1-2H3. The van der Waals surface area contributed by atoms with Crippen LogP contribution in [-0.4, -0.2) is 39.7 Å². The van der Waals surface area contributed by atoms with E-state index in [4.69, 9.17) is 28.0 Å². The minimum Gasteiger partial charge on any atom is -0.493 e. The van der Waals surface area contributed by atoms with Gasteiger partial charge in [-0.2, -0.15) is 5.06 Å². The first-order chi connectivity index (χ1) is 12.0. The fourth-order valence-corrected chi connectivity index (χ4v) is 3.66. The van der Waals surface area contributed by atoms with Crippen LogP contribution < -0.4 is 5.56 Å². The Labute approximate surface area is 155 Å². The van der Waals surface area contributed by atoms with Crippen molar-refractivity contribution < 1.29 is 9.94 Å². The Morgan fingerprint density at radius 2 is 1.68 bits per heavy atom. The summed E-state index contributed by atoms with van der Waals surface area (Å²) in [6.45, 7) is 3.58. The molecule has 6 nitrogen and oxygen atoms in total. The molecule has 0 aliphatic carbocycles. The summed E-state index contributed by atoms with van der Waals surface area (Å²) in [5, 5.41) is 12.9. The van der Waals surface area contributed by atoms with E-state index in [-0.39, 0.29) is 27.0 Å².